The van der Waals surface area contributed by atoms with Gasteiger partial charge < -0.3 is 18.1 Å². The van der Waals surface area contributed by atoms with Crippen LogP contribution in [-0.4, -0.2) is 28.2 Å². The molecule has 97 heavy (non-hydrogen) atoms. The highest BCUT2D eigenvalue weighted by molar-refractivity contribution is 6.36. The van der Waals surface area contributed by atoms with Crippen molar-refractivity contribution in [3.8, 4) is 67.6 Å². The van der Waals surface area contributed by atoms with E-state index in [1.807, 2.05) is 6.07 Å². The van der Waals surface area contributed by atoms with Crippen molar-refractivity contribution in [1.29, 1.82) is 0 Å². The Morgan fingerprint density at radius 1 is 0.227 bits per heavy atom. The fraction of sp³-hybridized carbons (Fsp3) is 0. The fourth-order valence-corrected chi connectivity index (χ4v) is 16.0. The van der Waals surface area contributed by atoms with Crippen molar-refractivity contribution >= 4 is 131 Å². The van der Waals surface area contributed by atoms with Crippen molar-refractivity contribution in [2.45, 2.75) is 0 Å². The van der Waals surface area contributed by atoms with Crippen LogP contribution in [0.4, 0.5) is 0 Å². The Balaban J connectivity index is 0.662. The van der Waals surface area contributed by atoms with Gasteiger partial charge in [-0.25, -0.2) is 9.97 Å². The van der Waals surface area contributed by atoms with Crippen LogP contribution in [0.1, 0.15) is 0 Å². The first-order valence-corrected chi connectivity index (χ1v) is 33.1. The summed E-state index contributed by atoms with van der Waals surface area (Å²) in [5.41, 5.74) is 23.9. The minimum Gasteiger partial charge on any atom is -0.455 e. The maximum Gasteiger partial charge on any atom is 0.235 e. The molecule has 15 aromatic carbocycles. The van der Waals surface area contributed by atoms with E-state index in [0.29, 0.717) is 5.95 Å². The standard InChI is InChI=1S/C90H54N6O/c1-4-20-56(21-5-1)87-75-54-57(38-45-76(75)91-90(92-87)96-79-34-18-14-30-69(79)85-86-70-31-15-19-35-84(70)97-89(86)68-29-11-10-28-67(68)88(85)96)55-36-43-64(44-37-55)95-78-33-17-13-27-66(78)72-51-59(40-47-81(72)95)61-42-49-83-74(53-61)73-52-60(41-48-82(73)94(83)63-24-8-3-9-25-63)58-39-46-80-71(50-58)65-26-12-16-32-77(65)93(80)62-22-6-2-7-23-62/h1-54H. The van der Waals surface area contributed by atoms with Crippen LogP contribution in [0, 0.1) is 0 Å². The predicted molar refractivity (Wildman–Crippen MR) is 403 cm³/mol. The molecular formula is C90H54N6O. The fourth-order valence-electron chi connectivity index (χ4n) is 16.0. The molecule has 6 heterocycles. The van der Waals surface area contributed by atoms with Gasteiger partial charge in [-0.05, 0) is 155 Å². The molecule has 0 fully saturated rings. The molecule has 0 saturated heterocycles. The van der Waals surface area contributed by atoms with Crippen LogP contribution in [-0.2, 0) is 0 Å². The summed E-state index contributed by atoms with van der Waals surface area (Å²) in [7, 11) is 0. The van der Waals surface area contributed by atoms with Crippen LogP contribution in [0.3, 0.4) is 0 Å². The third-order valence-electron chi connectivity index (χ3n) is 20.3. The van der Waals surface area contributed by atoms with Crippen LogP contribution < -0.4 is 0 Å². The largest absolute Gasteiger partial charge is 0.455 e. The Kier molecular flexibility index (Phi) is 11.4. The first kappa shape index (κ1) is 53.4. The number of furan rings is 1. The van der Waals surface area contributed by atoms with E-state index < -0.39 is 0 Å². The van der Waals surface area contributed by atoms with E-state index in [2.05, 4.69) is 340 Å². The van der Waals surface area contributed by atoms with Crippen molar-refractivity contribution in [1.82, 2.24) is 28.2 Å². The minimum absolute atomic E-state index is 0.614. The number of fused-ring (bicyclic) bond motifs is 20. The van der Waals surface area contributed by atoms with Crippen molar-refractivity contribution in [3.05, 3.63) is 328 Å². The second-order valence-electron chi connectivity index (χ2n) is 25.6. The summed E-state index contributed by atoms with van der Waals surface area (Å²) < 4.78 is 16.2. The number of nitrogens with zero attached hydrogens (tertiary/aromatic N) is 6. The molecule has 7 heteroatoms. The van der Waals surface area contributed by atoms with Crippen LogP contribution in [0.5, 0.6) is 0 Å². The SMILES string of the molecule is c1ccc(-c2nc(-n3c4ccccc4c4c5c6ccccc6oc5c5ccccc5c43)nc3ccc(-c4ccc(-n5c6ccccc6c6cc(-c7ccc8c(c7)c7cc(-c9ccc%10c(c9)c9ccccc9n%10-c9ccccc9)ccc7n8-c7ccccc7)ccc65)cc4)cc23)cc1. The Morgan fingerprint density at radius 3 is 1.15 bits per heavy atom. The second kappa shape index (κ2) is 20.7. The molecule has 450 valence electrons. The van der Waals surface area contributed by atoms with Crippen molar-refractivity contribution < 1.29 is 4.42 Å². The molecule has 0 spiro atoms. The number of benzene rings is 15. The molecule has 0 amide bonds. The van der Waals surface area contributed by atoms with Gasteiger partial charge in [-0.15, -0.1) is 0 Å². The Morgan fingerprint density at radius 2 is 0.608 bits per heavy atom. The van der Waals surface area contributed by atoms with E-state index in [9.17, 15) is 0 Å². The summed E-state index contributed by atoms with van der Waals surface area (Å²) in [4.78, 5) is 11.1. The third-order valence-corrected chi connectivity index (χ3v) is 20.3. The lowest BCUT2D eigenvalue weighted by molar-refractivity contribution is 0.673. The molecule has 0 radical (unpaired) electrons. The van der Waals surface area contributed by atoms with Crippen molar-refractivity contribution in [3.63, 3.8) is 0 Å². The van der Waals surface area contributed by atoms with Gasteiger partial charge in [0.2, 0.25) is 5.95 Å². The van der Waals surface area contributed by atoms with E-state index in [1.54, 1.807) is 0 Å². The van der Waals surface area contributed by atoms with Crippen LogP contribution >= 0.6 is 0 Å². The summed E-state index contributed by atoms with van der Waals surface area (Å²) in [6, 6.07) is 119. The number of hydrogen-bond acceptors (Lipinski definition) is 3. The van der Waals surface area contributed by atoms with E-state index in [1.165, 1.54) is 76.6 Å². The van der Waals surface area contributed by atoms with Gasteiger partial charge in [-0.2, -0.15) is 0 Å². The lowest BCUT2D eigenvalue weighted by atomic mass is 9.98. The summed E-state index contributed by atoms with van der Waals surface area (Å²) >= 11 is 0. The zero-order valence-electron chi connectivity index (χ0n) is 52.3. The first-order valence-electron chi connectivity index (χ1n) is 33.1. The number of aromatic nitrogens is 6. The normalized spacial score (nSPS) is 12.1. The van der Waals surface area contributed by atoms with Gasteiger partial charge in [0.1, 0.15) is 11.2 Å². The van der Waals surface area contributed by atoms with Gasteiger partial charge in [-0.1, -0.05) is 206 Å². The van der Waals surface area contributed by atoms with Crippen LogP contribution in [0.25, 0.3) is 198 Å². The number of hydrogen-bond donors (Lipinski definition) is 0. The highest BCUT2D eigenvalue weighted by Crippen LogP contribution is 2.47. The summed E-state index contributed by atoms with van der Waals surface area (Å²) in [5, 5.41) is 14.9. The van der Waals surface area contributed by atoms with Gasteiger partial charge in [0, 0.05) is 92.6 Å². The third kappa shape index (κ3) is 7.97. The minimum atomic E-state index is 0.614. The van der Waals surface area contributed by atoms with Gasteiger partial charge >= 0.3 is 0 Å². The monoisotopic (exact) mass is 1230 g/mol. The predicted octanol–water partition coefficient (Wildman–Crippen LogP) is 23.7. The van der Waals surface area contributed by atoms with Gasteiger partial charge in [0.15, 0.2) is 0 Å². The molecule has 0 aliphatic rings. The number of para-hydroxylation sites is 6. The maximum atomic E-state index is 6.71. The Hall–Kier alpha value is -13.1. The van der Waals surface area contributed by atoms with Crippen LogP contribution in [0.15, 0.2) is 332 Å². The molecule has 21 aromatic rings. The van der Waals surface area contributed by atoms with Crippen molar-refractivity contribution in [2.75, 3.05) is 0 Å². The lowest BCUT2D eigenvalue weighted by Gasteiger charge is -2.14. The Labute approximate surface area is 555 Å². The van der Waals surface area contributed by atoms with E-state index in [-0.39, 0.29) is 0 Å². The molecule has 7 nitrogen and oxygen atoms in total. The lowest BCUT2D eigenvalue weighted by Crippen LogP contribution is -2.04. The molecule has 0 bridgehead atoms. The Bertz CT molecular complexity index is 6850. The quantitative estimate of drug-likeness (QED) is 0.152. The highest BCUT2D eigenvalue weighted by atomic mass is 16.3. The molecular weight excluding hydrogens is 1180 g/mol. The first-order chi connectivity index (χ1) is 48.1. The van der Waals surface area contributed by atoms with Gasteiger partial charge in [0.25, 0.3) is 0 Å². The highest BCUT2D eigenvalue weighted by Gasteiger charge is 2.26. The summed E-state index contributed by atoms with van der Waals surface area (Å²) in [5.74, 6) is 0.614. The molecule has 0 N–H and O–H groups in total. The van der Waals surface area contributed by atoms with E-state index >= 15 is 0 Å². The average Bonchev–Trinajstić information content (AvgIpc) is 1.55. The molecule has 6 aromatic heterocycles. The summed E-state index contributed by atoms with van der Waals surface area (Å²) in [6.45, 7) is 0. The second-order valence-corrected chi connectivity index (χ2v) is 25.6. The molecule has 0 aliphatic heterocycles. The molecule has 21 rings (SSSR count). The molecule has 0 saturated carbocycles. The molecule has 0 aliphatic carbocycles. The van der Waals surface area contributed by atoms with Gasteiger partial charge in [0.05, 0.1) is 55.3 Å². The zero-order valence-corrected chi connectivity index (χ0v) is 52.3. The smallest absolute Gasteiger partial charge is 0.235 e. The topological polar surface area (TPSA) is 58.6 Å². The van der Waals surface area contributed by atoms with Gasteiger partial charge in [-0.3, -0.25) is 4.57 Å². The molecule has 0 unspecified atom stereocenters. The molecule has 0 atom stereocenters. The maximum absolute atomic E-state index is 6.71. The number of rotatable bonds is 8. The zero-order chi connectivity index (χ0) is 63.4. The van der Waals surface area contributed by atoms with E-state index in [4.69, 9.17) is 14.4 Å². The average molecular weight is 1240 g/mol. The summed E-state index contributed by atoms with van der Waals surface area (Å²) in [6.07, 6.45) is 0. The van der Waals surface area contributed by atoms with E-state index in [0.717, 1.165) is 116 Å². The van der Waals surface area contributed by atoms with Crippen molar-refractivity contribution in [2.24, 2.45) is 0 Å². The van der Waals surface area contributed by atoms with Crippen LogP contribution in [0.2, 0.25) is 0 Å².